The summed E-state index contributed by atoms with van der Waals surface area (Å²) in [6.45, 7) is 15.7. The summed E-state index contributed by atoms with van der Waals surface area (Å²) < 4.78 is 0. The summed E-state index contributed by atoms with van der Waals surface area (Å²) in [6, 6.07) is 0. The van der Waals surface area contributed by atoms with Crippen LogP contribution in [0.2, 0.25) is 0 Å². The van der Waals surface area contributed by atoms with Crippen molar-refractivity contribution in [3.8, 4) is 0 Å². The molecule has 0 bridgehead atoms. The molecule has 0 aliphatic carbocycles. The van der Waals surface area contributed by atoms with Crippen LogP contribution < -0.4 is 0 Å². The van der Waals surface area contributed by atoms with Crippen LogP contribution in [0.3, 0.4) is 0 Å². The third-order valence-corrected chi connectivity index (χ3v) is 0.943. The smallest absolute Gasteiger partial charge is 0.369 e. The molecule has 12 heavy (non-hydrogen) atoms. The minimum Gasteiger partial charge on any atom is -0.369 e. The van der Waals surface area contributed by atoms with E-state index in [9.17, 15) is 0 Å². The molecule has 0 heterocycles. The zero-order valence-corrected chi connectivity index (χ0v) is 17.4. The molecule has 0 saturated carbocycles. The molecule has 0 spiro atoms. The molecule has 0 aromatic rings. The average Bonchev–Trinajstić information content (AvgIpc) is 1.68. The van der Waals surface area contributed by atoms with Crippen LogP contribution in [0.15, 0.2) is 0 Å². The molecule has 2 radical (unpaired) electrons. The third kappa shape index (κ3) is 37.7. The van der Waals surface area contributed by atoms with Crippen molar-refractivity contribution in [3.05, 3.63) is 20.3 Å². The molecule has 64 valence electrons. The minimum absolute atomic E-state index is 0. The van der Waals surface area contributed by atoms with Gasteiger partial charge in [-0.3, -0.25) is 0 Å². The first-order valence-electron chi connectivity index (χ1n) is 3.46. The molecule has 0 fully saturated rings. The van der Waals surface area contributed by atoms with E-state index in [-0.39, 0.29) is 98.1 Å². The van der Waals surface area contributed by atoms with Gasteiger partial charge in [0.1, 0.15) is 0 Å². The van der Waals surface area contributed by atoms with E-state index in [0.29, 0.717) is 11.8 Å². The number of hydrogen-bond donors (Lipinski definition) is 0. The molecular formula is C9H19Y3. The molecule has 0 unspecified atom stereocenters. The third-order valence-electron chi connectivity index (χ3n) is 0.943. The van der Waals surface area contributed by atoms with Crippen molar-refractivity contribution in [2.45, 2.75) is 27.7 Å². The fourth-order valence-corrected chi connectivity index (χ4v) is 0. The first kappa shape index (κ1) is 29.5. The maximum Gasteiger partial charge on any atom is 3.00 e. The Morgan fingerprint density at radius 3 is 1.08 bits per heavy atom. The van der Waals surface area contributed by atoms with Gasteiger partial charge < -0.3 is 26.2 Å². The van der Waals surface area contributed by atoms with Crippen LogP contribution in [0.25, 0.3) is 0 Å². The van der Waals surface area contributed by atoms with Gasteiger partial charge in [0.2, 0.25) is 0 Å². The second kappa shape index (κ2) is 23.9. The van der Waals surface area contributed by atoms with Crippen LogP contribution in [-0.4, -0.2) is 0 Å². The van der Waals surface area contributed by atoms with Gasteiger partial charge in [-0.1, -0.05) is 19.8 Å². The van der Waals surface area contributed by atoms with Gasteiger partial charge in [0.15, 0.2) is 0 Å². The maximum absolute atomic E-state index is 3.73. The zero-order chi connectivity index (χ0) is 7.86. The maximum atomic E-state index is 3.73. The molecule has 0 aromatic heterocycles. The summed E-state index contributed by atoms with van der Waals surface area (Å²) >= 11 is 0. The predicted molar refractivity (Wildman–Crippen MR) is 44.7 cm³/mol. The standard InChI is InChI=1S/C6H12.C3H7.3Y/c1-5(2)6(3)4;1-3-2;;;/h5-6H,1-2H2,3-4H3;3H,1-2H3;;;/q-2;-1;;;+3. The van der Waals surface area contributed by atoms with Gasteiger partial charge in [0.25, 0.3) is 0 Å². The summed E-state index contributed by atoms with van der Waals surface area (Å²) in [4.78, 5) is 0. The molecule has 0 amide bonds. The van der Waals surface area contributed by atoms with E-state index in [2.05, 4.69) is 27.7 Å². The van der Waals surface area contributed by atoms with E-state index in [1.165, 1.54) is 0 Å². The van der Waals surface area contributed by atoms with Crippen LogP contribution in [0.4, 0.5) is 0 Å². The van der Waals surface area contributed by atoms with Gasteiger partial charge in [-0.05, 0) is 0 Å². The molecule has 0 aliphatic rings. The van der Waals surface area contributed by atoms with Gasteiger partial charge in [-0.15, -0.1) is 0 Å². The fraction of sp³-hybridized carbons (Fsp3) is 0.667. The van der Waals surface area contributed by atoms with Gasteiger partial charge in [-0.2, -0.15) is 13.8 Å². The van der Waals surface area contributed by atoms with Crippen LogP contribution in [0.1, 0.15) is 27.7 Å². The van der Waals surface area contributed by atoms with Crippen molar-refractivity contribution < 1.29 is 98.1 Å². The largest absolute Gasteiger partial charge is 3.00 e. The molecule has 0 atom stereocenters. The van der Waals surface area contributed by atoms with Crippen LogP contribution >= 0.6 is 0 Å². The van der Waals surface area contributed by atoms with E-state index < -0.39 is 0 Å². The van der Waals surface area contributed by atoms with Gasteiger partial charge in [-0.25, -0.2) is 0 Å². The van der Waals surface area contributed by atoms with E-state index in [1.54, 1.807) is 0 Å². The van der Waals surface area contributed by atoms with Crippen molar-refractivity contribution >= 4 is 0 Å². The summed E-state index contributed by atoms with van der Waals surface area (Å²) in [6.07, 6.45) is 2.00. The SMILES string of the molecule is C[CH-]C.[CH2-]C([CH2-])C(C)C.[Y+3].[Y].[Y]. The second-order valence-electron chi connectivity index (χ2n) is 2.58. The monoisotopic (exact) mass is 394 g/mol. The molecule has 0 saturated heterocycles. The second-order valence-corrected chi connectivity index (χ2v) is 2.58. The summed E-state index contributed by atoms with van der Waals surface area (Å²) in [5.74, 6) is 0.981. The number of rotatable bonds is 1. The molecule has 0 aromatic carbocycles. The molecular weight excluding hydrogens is 375 g/mol. The Balaban J connectivity index is -0.0000000246. The first-order chi connectivity index (χ1) is 4.06. The Kier molecular flexibility index (Phi) is 58.6. The van der Waals surface area contributed by atoms with Gasteiger partial charge in [0, 0.05) is 65.4 Å². The van der Waals surface area contributed by atoms with E-state index in [0.717, 1.165) is 0 Å². The van der Waals surface area contributed by atoms with Crippen molar-refractivity contribution in [3.63, 3.8) is 0 Å². The van der Waals surface area contributed by atoms with Crippen molar-refractivity contribution in [2.24, 2.45) is 11.8 Å². The van der Waals surface area contributed by atoms with E-state index >= 15 is 0 Å². The molecule has 0 nitrogen and oxygen atoms in total. The van der Waals surface area contributed by atoms with E-state index in [4.69, 9.17) is 0 Å². The summed E-state index contributed by atoms with van der Waals surface area (Å²) in [5.41, 5.74) is 0. The molecule has 0 aliphatic heterocycles. The van der Waals surface area contributed by atoms with Crippen molar-refractivity contribution in [1.29, 1.82) is 0 Å². The first-order valence-corrected chi connectivity index (χ1v) is 3.46. The number of hydrogen-bond acceptors (Lipinski definition) is 0. The van der Waals surface area contributed by atoms with Crippen molar-refractivity contribution in [1.82, 2.24) is 0 Å². The average molecular weight is 394 g/mol. The van der Waals surface area contributed by atoms with Crippen LogP contribution in [0.5, 0.6) is 0 Å². The van der Waals surface area contributed by atoms with Gasteiger partial charge in [0.05, 0.1) is 0 Å². The molecule has 0 N–H and O–H groups in total. The minimum atomic E-state index is 0. The Morgan fingerprint density at radius 2 is 1.08 bits per heavy atom. The summed E-state index contributed by atoms with van der Waals surface area (Å²) in [5, 5.41) is 0. The molecule has 0 rings (SSSR count). The topological polar surface area (TPSA) is 0 Å². The van der Waals surface area contributed by atoms with Crippen LogP contribution in [-0.2, 0) is 98.1 Å². The van der Waals surface area contributed by atoms with E-state index in [1.807, 2.05) is 20.3 Å². The van der Waals surface area contributed by atoms with Crippen molar-refractivity contribution in [2.75, 3.05) is 0 Å². The summed E-state index contributed by atoms with van der Waals surface area (Å²) in [7, 11) is 0. The van der Waals surface area contributed by atoms with Crippen LogP contribution in [0, 0.1) is 32.1 Å². The Bertz CT molecular complexity index is 39.0. The normalized spacial score (nSPS) is 7.00. The Labute approximate surface area is 155 Å². The zero-order valence-electron chi connectivity index (χ0n) is 8.88. The Morgan fingerprint density at radius 1 is 1.00 bits per heavy atom. The van der Waals surface area contributed by atoms with Gasteiger partial charge >= 0.3 is 32.7 Å². The fourth-order valence-electron chi connectivity index (χ4n) is 0. The predicted octanol–water partition coefficient (Wildman–Crippen LogP) is 3.15. The Hall–Kier alpha value is 3.31. The quantitative estimate of drug-likeness (QED) is 0.600. The molecule has 3 heteroatoms.